The number of aryl methyl sites for hydroxylation is 2. The Bertz CT molecular complexity index is 481. The second kappa shape index (κ2) is 8.45. The summed E-state index contributed by atoms with van der Waals surface area (Å²) in [6, 6.07) is 0. The molecule has 3 N–H and O–H groups in total. The zero-order valence-corrected chi connectivity index (χ0v) is 14.9. The van der Waals surface area contributed by atoms with Crippen LogP contribution in [0.2, 0.25) is 0 Å². The summed E-state index contributed by atoms with van der Waals surface area (Å²) in [5.74, 6) is -0.0750. The van der Waals surface area contributed by atoms with Crippen molar-refractivity contribution in [2.24, 2.45) is 5.73 Å². The normalized spacial score (nSPS) is 19.3. The van der Waals surface area contributed by atoms with Crippen molar-refractivity contribution in [2.75, 3.05) is 13.2 Å². The van der Waals surface area contributed by atoms with Gasteiger partial charge in [0.15, 0.2) is 0 Å². The molecule has 0 aromatic carbocycles. The smallest absolute Gasteiger partial charge is 0.240 e. The molecule has 0 saturated carbocycles. The highest BCUT2D eigenvalue weighted by Crippen LogP contribution is 2.26. The maximum atomic E-state index is 12.2. The molecule has 126 valence electrons. The third-order valence-corrected chi connectivity index (χ3v) is 5.28. The molecule has 1 aromatic rings. The summed E-state index contributed by atoms with van der Waals surface area (Å²) in [5.41, 5.74) is 6.62. The second-order valence-electron chi connectivity index (χ2n) is 5.64. The van der Waals surface area contributed by atoms with E-state index in [-0.39, 0.29) is 30.7 Å². The highest BCUT2D eigenvalue weighted by molar-refractivity contribution is 7.11. The third kappa shape index (κ3) is 4.32. The van der Waals surface area contributed by atoms with Crippen LogP contribution in [-0.4, -0.2) is 29.6 Å². The first-order chi connectivity index (χ1) is 9.67. The molecule has 1 saturated heterocycles. The molecule has 0 radical (unpaired) electrons. The predicted molar refractivity (Wildman–Crippen MR) is 92.1 cm³/mol. The van der Waals surface area contributed by atoms with Gasteiger partial charge in [0.1, 0.15) is 5.01 Å². The minimum atomic E-state index is -0.769. The Kier molecular flexibility index (Phi) is 7.55. The summed E-state index contributed by atoms with van der Waals surface area (Å²) in [7, 11) is 0. The van der Waals surface area contributed by atoms with Crippen LogP contribution < -0.4 is 11.1 Å². The number of amides is 1. The van der Waals surface area contributed by atoms with Crippen molar-refractivity contribution in [1.82, 2.24) is 10.3 Å². The van der Waals surface area contributed by atoms with E-state index in [9.17, 15) is 4.79 Å². The third-order valence-electron chi connectivity index (χ3n) is 4.13. The van der Waals surface area contributed by atoms with Crippen LogP contribution in [0.1, 0.15) is 41.3 Å². The fourth-order valence-corrected chi connectivity index (χ4v) is 3.87. The van der Waals surface area contributed by atoms with Crippen LogP contribution in [0.25, 0.3) is 0 Å². The average molecular weight is 368 g/mol. The standard InChI is InChI=1S/C14H21N3O2S.2ClH/c15-14(5-7-19-8-6-14)13(18)16-9-12-17-10-3-1-2-4-11(10)20-12;;/h1-9,15H2,(H,16,18);2*1H. The van der Waals surface area contributed by atoms with Crippen LogP contribution in [-0.2, 0) is 28.9 Å². The SMILES string of the molecule is Cl.Cl.NC1(C(=O)NCc2nc3c(s2)CCCC3)CCOCC1. The number of nitrogens with one attached hydrogen (secondary N) is 1. The van der Waals surface area contributed by atoms with Crippen LogP contribution in [0, 0.1) is 0 Å². The number of aromatic nitrogens is 1. The minimum absolute atomic E-state index is 0. The molecule has 0 atom stereocenters. The zero-order chi connectivity index (χ0) is 14.0. The molecule has 0 unspecified atom stereocenters. The first-order valence-electron chi connectivity index (χ1n) is 7.30. The monoisotopic (exact) mass is 367 g/mol. The molecular formula is C14H23Cl2N3O2S. The summed E-state index contributed by atoms with van der Waals surface area (Å²) < 4.78 is 5.26. The molecule has 1 aliphatic heterocycles. The Balaban J connectivity index is 0.00000121. The van der Waals surface area contributed by atoms with E-state index in [4.69, 9.17) is 10.5 Å². The lowest BCUT2D eigenvalue weighted by atomic mass is 9.90. The van der Waals surface area contributed by atoms with Gasteiger partial charge in [-0.25, -0.2) is 4.98 Å². The number of hydrogen-bond acceptors (Lipinski definition) is 5. The van der Waals surface area contributed by atoms with Crippen molar-refractivity contribution in [3.63, 3.8) is 0 Å². The van der Waals surface area contributed by atoms with Crippen LogP contribution in [0.3, 0.4) is 0 Å². The molecule has 3 rings (SSSR count). The number of carbonyl (C=O) groups is 1. The Morgan fingerprint density at radius 1 is 1.27 bits per heavy atom. The Morgan fingerprint density at radius 3 is 2.64 bits per heavy atom. The molecule has 2 aliphatic rings. The van der Waals surface area contributed by atoms with Crippen molar-refractivity contribution in [1.29, 1.82) is 0 Å². The van der Waals surface area contributed by atoms with Crippen molar-refractivity contribution in [3.05, 3.63) is 15.6 Å². The largest absolute Gasteiger partial charge is 0.381 e. The first-order valence-corrected chi connectivity index (χ1v) is 8.11. The van der Waals surface area contributed by atoms with Gasteiger partial charge >= 0.3 is 0 Å². The number of carbonyl (C=O) groups excluding carboxylic acids is 1. The number of rotatable bonds is 3. The van der Waals surface area contributed by atoms with E-state index < -0.39 is 5.54 Å². The van der Waals surface area contributed by atoms with E-state index >= 15 is 0 Å². The molecule has 1 aliphatic carbocycles. The van der Waals surface area contributed by atoms with E-state index in [1.807, 2.05) is 0 Å². The van der Waals surface area contributed by atoms with Crippen LogP contribution in [0.4, 0.5) is 0 Å². The summed E-state index contributed by atoms with van der Waals surface area (Å²) in [6.45, 7) is 1.63. The second-order valence-corrected chi connectivity index (χ2v) is 6.80. The van der Waals surface area contributed by atoms with Gasteiger partial charge in [-0.3, -0.25) is 4.79 Å². The Labute approximate surface area is 147 Å². The molecular weight excluding hydrogens is 345 g/mol. The van der Waals surface area contributed by atoms with E-state index in [0.717, 1.165) is 17.8 Å². The number of fused-ring (bicyclic) bond motifs is 1. The summed E-state index contributed by atoms with van der Waals surface area (Å²) >= 11 is 1.73. The first kappa shape index (κ1) is 19.6. The van der Waals surface area contributed by atoms with Crippen LogP contribution >= 0.6 is 36.2 Å². The lowest BCUT2D eigenvalue weighted by Crippen LogP contribution is -2.56. The fourth-order valence-electron chi connectivity index (χ4n) is 2.78. The summed E-state index contributed by atoms with van der Waals surface area (Å²) in [5, 5.41) is 3.95. The number of thiazole rings is 1. The van der Waals surface area contributed by atoms with Crippen LogP contribution in [0.5, 0.6) is 0 Å². The van der Waals surface area contributed by atoms with Gasteiger partial charge in [-0.2, -0.15) is 0 Å². The number of ether oxygens (including phenoxy) is 1. The van der Waals surface area contributed by atoms with Crippen molar-refractivity contribution in [3.8, 4) is 0 Å². The van der Waals surface area contributed by atoms with Gasteiger partial charge in [-0.15, -0.1) is 36.2 Å². The number of halogens is 2. The molecule has 1 aromatic heterocycles. The average Bonchev–Trinajstić information content (AvgIpc) is 2.88. The lowest BCUT2D eigenvalue weighted by molar-refractivity contribution is -0.129. The molecule has 8 heteroatoms. The molecule has 5 nitrogen and oxygen atoms in total. The van der Waals surface area contributed by atoms with Crippen LogP contribution in [0.15, 0.2) is 0 Å². The quantitative estimate of drug-likeness (QED) is 0.856. The van der Waals surface area contributed by atoms with Gasteiger partial charge in [0.25, 0.3) is 0 Å². The van der Waals surface area contributed by atoms with Crippen molar-refractivity contribution >= 4 is 42.1 Å². The maximum absolute atomic E-state index is 12.2. The molecule has 0 spiro atoms. The number of nitrogens with zero attached hydrogens (tertiary/aromatic N) is 1. The topological polar surface area (TPSA) is 77.2 Å². The molecule has 22 heavy (non-hydrogen) atoms. The van der Waals surface area contributed by atoms with Crippen molar-refractivity contribution < 1.29 is 9.53 Å². The highest BCUT2D eigenvalue weighted by Gasteiger charge is 2.35. The summed E-state index contributed by atoms with van der Waals surface area (Å²) in [4.78, 5) is 18.2. The van der Waals surface area contributed by atoms with Crippen molar-refractivity contribution in [2.45, 2.75) is 50.6 Å². The molecule has 0 bridgehead atoms. The zero-order valence-electron chi connectivity index (χ0n) is 12.4. The number of hydrogen-bond donors (Lipinski definition) is 2. The lowest BCUT2D eigenvalue weighted by Gasteiger charge is -2.31. The van der Waals surface area contributed by atoms with E-state index in [1.165, 1.54) is 23.4 Å². The van der Waals surface area contributed by atoms with Gasteiger partial charge in [0, 0.05) is 18.1 Å². The van der Waals surface area contributed by atoms with Gasteiger partial charge in [-0.05, 0) is 38.5 Å². The molecule has 1 fully saturated rings. The Morgan fingerprint density at radius 2 is 1.95 bits per heavy atom. The van der Waals surface area contributed by atoms with Gasteiger partial charge in [0.05, 0.1) is 17.8 Å². The van der Waals surface area contributed by atoms with E-state index in [0.29, 0.717) is 32.6 Å². The highest BCUT2D eigenvalue weighted by atomic mass is 35.5. The Hall–Kier alpha value is -0.400. The van der Waals surface area contributed by atoms with Gasteiger partial charge < -0.3 is 15.8 Å². The van der Waals surface area contributed by atoms with Gasteiger partial charge in [0.2, 0.25) is 5.91 Å². The molecule has 1 amide bonds. The summed E-state index contributed by atoms with van der Waals surface area (Å²) in [6.07, 6.45) is 5.89. The van der Waals surface area contributed by atoms with E-state index in [1.54, 1.807) is 11.3 Å². The maximum Gasteiger partial charge on any atom is 0.240 e. The van der Waals surface area contributed by atoms with E-state index in [2.05, 4.69) is 10.3 Å². The number of nitrogens with two attached hydrogens (primary N) is 1. The minimum Gasteiger partial charge on any atom is -0.381 e. The van der Waals surface area contributed by atoms with Gasteiger partial charge in [-0.1, -0.05) is 0 Å². The fraction of sp³-hybridized carbons (Fsp3) is 0.714. The predicted octanol–water partition coefficient (Wildman–Crippen LogP) is 1.99. The molecule has 2 heterocycles.